The van der Waals surface area contributed by atoms with Gasteiger partial charge in [-0.1, -0.05) is 38.5 Å². The van der Waals surface area contributed by atoms with Crippen molar-refractivity contribution in [3.8, 4) is 0 Å². The minimum absolute atomic E-state index is 0.793. The maximum absolute atomic E-state index is 5.31. The Morgan fingerprint density at radius 1 is 0.739 bits per heavy atom. The molecule has 0 unspecified atom stereocenters. The Morgan fingerprint density at radius 2 is 1.22 bits per heavy atom. The van der Waals surface area contributed by atoms with Crippen molar-refractivity contribution < 1.29 is 14.2 Å². The number of methoxy groups -OCH3 is 3. The van der Waals surface area contributed by atoms with Crippen molar-refractivity contribution in [1.82, 2.24) is 10.2 Å². The van der Waals surface area contributed by atoms with Crippen LogP contribution in [0.25, 0.3) is 0 Å². The van der Waals surface area contributed by atoms with E-state index in [0.29, 0.717) is 0 Å². The maximum Gasteiger partial charge on any atom is 0.282 e. The van der Waals surface area contributed by atoms with E-state index in [1.54, 1.807) is 21.3 Å². The number of rotatable bonds is 14. The van der Waals surface area contributed by atoms with Crippen molar-refractivity contribution >= 4 is 0 Å². The van der Waals surface area contributed by atoms with Gasteiger partial charge in [-0.15, -0.1) is 0 Å². The second-order valence-corrected chi connectivity index (χ2v) is 6.47. The number of ether oxygens (including phenoxy) is 3. The Labute approximate surface area is 143 Å². The zero-order valence-corrected chi connectivity index (χ0v) is 15.6. The van der Waals surface area contributed by atoms with E-state index in [0.717, 1.165) is 25.9 Å². The highest BCUT2D eigenvalue weighted by molar-refractivity contribution is 4.67. The molecule has 0 amide bonds. The summed E-state index contributed by atoms with van der Waals surface area (Å²) in [6.45, 7) is 6.07. The molecule has 1 saturated heterocycles. The van der Waals surface area contributed by atoms with Crippen molar-refractivity contribution in [2.75, 3.05) is 54.1 Å². The lowest BCUT2D eigenvalue weighted by atomic mass is 10.1. The Morgan fingerprint density at radius 3 is 1.74 bits per heavy atom. The molecule has 0 spiro atoms. The van der Waals surface area contributed by atoms with Gasteiger partial charge in [-0.2, -0.15) is 0 Å². The third kappa shape index (κ3) is 9.01. The van der Waals surface area contributed by atoms with Gasteiger partial charge < -0.3 is 24.4 Å². The number of hydrogen-bond donors (Lipinski definition) is 1. The molecule has 0 aromatic heterocycles. The third-order valence-corrected chi connectivity index (χ3v) is 4.85. The van der Waals surface area contributed by atoms with Crippen LogP contribution in [0.3, 0.4) is 0 Å². The van der Waals surface area contributed by atoms with Crippen LogP contribution >= 0.6 is 0 Å². The molecule has 1 aliphatic rings. The van der Waals surface area contributed by atoms with Gasteiger partial charge in [-0.25, -0.2) is 0 Å². The summed E-state index contributed by atoms with van der Waals surface area (Å²) in [5.74, 6) is -0.843. The molecule has 1 heterocycles. The topological polar surface area (TPSA) is 43.0 Å². The summed E-state index contributed by atoms with van der Waals surface area (Å²) in [4.78, 5) is 2.59. The number of piperazine rings is 1. The van der Waals surface area contributed by atoms with E-state index >= 15 is 0 Å². The number of hydrogen-bond acceptors (Lipinski definition) is 5. The average Bonchev–Trinajstić information content (AvgIpc) is 2.61. The summed E-state index contributed by atoms with van der Waals surface area (Å²) in [5, 5.41) is 3.40. The zero-order chi connectivity index (χ0) is 16.8. The second kappa shape index (κ2) is 13.1. The van der Waals surface area contributed by atoms with Gasteiger partial charge in [0.2, 0.25) is 0 Å². The quantitative estimate of drug-likeness (QED) is 0.392. The van der Waals surface area contributed by atoms with Gasteiger partial charge in [-0.3, -0.25) is 0 Å². The van der Waals surface area contributed by atoms with E-state index in [1.807, 2.05) is 0 Å². The Kier molecular flexibility index (Phi) is 11.9. The lowest BCUT2D eigenvalue weighted by molar-refractivity contribution is -0.355. The summed E-state index contributed by atoms with van der Waals surface area (Å²) in [7, 11) is 4.90. The van der Waals surface area contributed by atoms with Crippen molar-refractivity contribution in [2.45, 2.75) is 63.8 Å². The van der Waals surface area contributed by atoms with Gasteiger partial charge in [0, 0.05) is 53.9 Å². The Hall–Kier alpha value is -0.200. The van der Waals surface area contributed by atoms with Crippen LogP contribution in [-0.4, -0.2) is 64.9 Å². The fourth-order valence-electron chi connectivity index (χ4n) is 3.23. The first-order valence-corrected chi connectivity index (χ1v) is 9.35. The van der Waals surface area contributed by atoms with Crippen molar-refractivity contribution in [3.63, 3.8) is 0 Å². The molecule has 0 radical (unpaired) electrons. The number of nitrogens with zero attached hydrogens (tertiary/aromatic N) is 1. The highest BCUT2D eigenvalue weighted by Gasteiger charge is 2.28. The van der Waals surface area contributed by atoms with Gasteiger partial charge in [0.05, 0.1) is 0 Å². The van der Waals surface area contributed by atoms with Crippen LogP contribution in [0.4, 0.5) is 0 Å². The molecule has 0 aliphatic carbocycles. The van der Waals surface area contributed by atoms with Crippen LogP contribution in [-0.2, 0) is 14.2 Å². The second-order valence-electron chi connectivity index (χ2n) is 6.47. The fraction of sp³-hybridized carbons (Fsp3) is 1.00. The molecule has 5 heteroatoms. The molecule has 1 fully saturated rings. The minimum atomic E-state index is -0.843. The Bertz CT molecular complexity index is 259. The summed E-state index contributed by atoms with van der Waals surface area (Å²) in [5.41, 5.74) is 0. The molecule has 138 valence electrons. The van der Waals surface area contributed by atoms with Crippen LogP contribution in [0.1, 0.15) is 57.8 Å². The first kappa shape index (κ1) is 20.8. The van der Waals surface area contributed by atoms with Crippen LogP contribution in [0.2, 0.25) is 0 Å². The lowest BCUT2D eigenvalue weighted by Crippen LogP contribution is -2.43. The van der Waals surface area contributed by atoms with Crippen LogP contribution < -0.4 is 5.32 Å². The molecule has 0 atom stereocenters. The van der Waals surface area contributed by atoms with Crippen LogP contribution in [0.5, 0.6) is 0 Å². The SMILES string of the molecule is COC(CCCCCCCCCCN1CCNCC1)(OC)OC. The predicted octanol–water partition coefficient (Wildman–Crippen LogP) is 3.00. The molecule has 1 aliphatic heterocycles. The van der Waals surface area contributed by atoms with Crippen molar-refractivity contribution in [1.29, 1.82) is 0 Å². The molecule has 1 rings (SSSR count). The summed E-state index contributed by atoms with van der Waals surface area (Å²) in [6, 6.07) is 0. The highest BCUT2D eigenvalue weighted by Crippen LogP contribution is 2.21. The van der Waals surface area contributed by atoms with E-state index in [9.17, 15) is 0 Å². The van der Waals surface area contributed by atoms with Gasteiger partial charge in [0.25, 0.3) is 5.97 Å². The molecule has 0 saturated carbocycles. The van der Waals surface area contributed by atoms with Gasteiger partial charge in [0.15, 0.2) is 0 Å². The largest absolute Gasteiger partial charge is 0.331 e. The summed E-state index contributed by atoms with van der Waals surface area (Å²) in [6.07, 6.45) is 11.2. The van der Waals surface area contributed by atoms with Gasteiger partial charge in [-0.05, 0) is 19.4 Å². The van der Waals surface area contributed by atoms with E-state index in [2.05, 4.69) is 10.2 Å². The first-order valence-electron chi connectivity index (χ1n) is 9.35. The number of nitrogens with one attached hydrogen (secondary N) is 1. The molecule has 0 bridgehead atoms. The van der Waals surface area contributed by atoms with Crippen molar-refractivity contribution in [3.05, 3.63) is 0 Å². The Balaban J connectivity index is 1.86. The molecule has 0 aromatic carbocycles. The molecule has 1 N–H and O–H groups in total. The molecular weight excluding hydrogens is 292 g/mol. The molecule has 0 aromatic rings. The summed E-state index contributed by atoms with van der Waals surface area (Å²) >= 11 is 0. The third-order valence-electron chi connectivity index (χ3n) is 4.85. The standard InChI is InChI=1S/C18H38N2O3/c1-21-18(22-2,23-3)12-10-8-6-4-5-7-9-11-15-20-16-13-19-14-17-20/h19H,4-17H2,1-3H3. The van der Waals surface area contributed by atoms with Gasteiger partial charge >= 0.3 is 0 Å². The first-order chi connectivity index (χ1) is 11.3. The van der Waals surface area contributed by atoms with E-state index in [-0.39, 0.29) is 0 Å². The minimum Gasteiger partial charge on any atom is -0.331 e. The molecule has 23 heavy (non-hydrogen) atoms. The normalized spacial score (nSPS) is 16.8. The number of unbranched alkanes of at least 4 members (excludes halogenated alkanes) is 7. The summed E-state index contributed by atoms with van der Waals surface area (Å²) < 4.78 is 15.9. The zero-order valence-electron chi connectivity index (χ0n) is 15.6. The molecule has 5 nitrogen and oxygen atoms in total. The van der Waals surface area contributed by atoms with E-state index < -0.39 is 5.97 Å². The lowest BCUT2D eigenvalue weighted by Gasteiger charge is -2.28. The van der Waals surface area contributed by atoms with E-state index in [4.69, 9.17) is 14.2 Å². The van der Waals surface area contributed by atoms with Gasteiger partial charge in [0.1, 0.15) is 0 Å². The highest BCUT2D eigenvalue weighted by atomic mass is 16.9. The van der Waals surface area contributed by atoms with Crippen molar-refractivity contribution in [2.24, 2.45) is 0 Å². The van der Waals surface area contributed by atoms with Crippen LogP contribution in [0, 0.1) is 0 Å². The molecular formula is C18H38N2O3. The smallest absolute Gasteiger partial charge is 0.282 e. The van der Waals surface area contributed by atoms with Crippen LogP contribution in [0.15, 0.2) is 0 Å². The monoisotopic (exact) mass is 330 g/mol. The predicted molar refractivity (Wildman–Crippen MR) is 94.6 cm³/mol. The maximum atomic E-state index is 5.31. The van der Waals surface area contributed by atoms with E-state index in [1.165, 1.54) is 64.6 Å². The average molecular weight is 331 g/mol. The fourth-order valence-corrected chi connectivity index (χ4v) is 3.23.